The number of aliphatic hydroxyl groups is 3. The standard InChI is InChI=1S/C62H96N4O17/c1-17-47-62(12,74)54(71)38(6)50(68)36(4)33-60(10,75-15)55(83-59-52(70)46(63(13)14)31-37(5)78-59)39(7)53(40(8)57(72)80-47)82-49-34-61(11,76-16)56(41(9)79-49)81-48(67)24-26-65-29-27-64(28-30-65)25-20-21-42-22-23-45-43(32-42)51(69)44(35-66(45)18-2)58(73)77-19-3/h22-23,32,35-41,46-47,49,52-56,59,70-71,74H,17-19,24-31,33-34H2,1-16H3/t36-,37-,38+,39+,40-,41+,46+,47-,49+,52-,53+,54-,55-,56+,59+,60-,61-,62-/m1/s1. The van der Waals surface area contributed by atoms with E-state index in [4.69, 9.17) is 42.6 Å². The van der Waals surface area contributed by atoms with Gasteiger partial charge in [-0.3, -0.25) is 24.1 Å². The Labute approximate surface area is 490 Å². The summed E-state index contributed by atoms with van der Waals surface area (Å²) in [6.45, 7) is 25.3. The molecule has 0 aliphatic carbocycles. The van der Waals surface area contributed by atoms with E-state index in [1.54, 1.807) is 60.7 Å². The Balaban J connectivity index is 1.15. The molecule has 0 spiro atoms. The number of hydrogen-bond donors (Lipinski definition) is 3. The van der Waals surface area contributed by atoms with Crippen LogP contribution in [-0.4, -0.2) is 217 Å². The highest BCUT2D eigenvalue weighted by atomic mass is 16.7. The third kappa shape index (κ3) is 15.6. The summed E-state index contributed by atoms with van der Waals surface area (Å²) in [6.07, 6.45) is -7.81. The average molecular weight is 1170 g/mol. The Kier molecular flexibility index (Phi) is 23.5. The van der Waals surface area contributed by atoms with Gasteiger partial charge in [0.05, 0.1) is 67.1 Å². The summed E-state index contributed by atoms with van der Waals surface area (Å²) in [5.41, 5.74) is -3.51. The SMILES string of the molecule is CCOC(=O)c1cn(CC)c2ccc(C#CCN3CCN(CCC(=O)O[C@H]4[C@H](C)O[C@@H](O[C@H]5[C@H](C)[C@@H](O[C@@H]6O[C@H](C)C[C@H](N(C)C)[C@H]6O)[C@](C)(OC)C[C@@H](C)C(=O)[C@H](C)[C@@H](O)[C@](C)(O)[C@@H](CC)OC(=O)[C@@H]5C)C[C@@]4(C)OC)CC3)cc2c1=O. The van der Waals surface area contributed by atoms with E-state index in [1.807, 2.05) is 63.4 Å². The molecule has 4 aliphatic rings. The van der Waals surface area contributed by atoms with Crippen LogP contribution in [0.1, 0.15) is 131 Å². The Morgan fingerprint density at radius 3 is 2.12 bits per heavy atom. The quantitative estimate of drug-likeness (QED) is 0.119. The number of piperazine rings is 1. The van der Waals surface area contributed by atoms with Gasteiger partial charge in [0.15, 0.2) is 18.7 Å². The highest BCUT2D eigenvalue weighted by Crippen LogP contribution is 2.42. The zero-order valence-electron chi connectivity index (χ0n) is 52.0. The smallest absolute Gasteiger partial charge is 0.343 e. The normalized spacial score (nSPS) is 36.4. The molecule has 6 rings (SSSR count). The van der Waals surface area contributed by atoms with Crippen LogP contribution in [0, 0.1) is 35.5 Å². The topological polar surface area (TPSA) is 244 Å². The first-order valence-corrected chi connectivity index (χ1v) is 29.8. The van der Waals surface area contributed by atoms with Gasteiger partial charge in [-0.25, -0.2) is 4.79 Å². The number of hydrogen-bond acceptors (Lipinski definition) is 20. The van der Waals surface area contributed by atoms with Crippen molar-refractivity contribution in [1.29, 1.82) is 0 Å². The van der Waals surface area contributed by atoms with Crippen molar-refractivity contribution in [3.8, 4) is 11.8 Å². The summed E-state index contributed by atoms with van der Waals surface area (Å²) in [5, 5.41) is 35.8. The number of ether oxygens (including phenoxy) is 9. The molecule has 5 heterocycles. The van der Waals surface area contributed by atoms with Crippen molar-refractivity contribution in [3.63, 3.8) is 0 Å². The van der Waals surface area contributed by atoms with Gasteiger partial charge in [0.1, 0.15) is 34.8 Å². The van der Waals surface area contributed by atoms with E-state index in [2.05, 4.69) is 21.6 Å². The van der Waals surface area contributed by atoms with E-state index in [0.717, 1.165) is 13.1 Å². The summed E-state index contributed by atoms with van der Waals surface area (Å²) >= 11 is 0. The van der Waals surface area contributed by atoms with Crippen LogP contribution in [0.15, 0.2) is 29.2 Å². The minimum Gasteiger partial charge on any atom is -0.462 e. The molecule has 0 amide bonds. The molecule has 3 N–H and O–H groups in total. The molecule has 466 valence electrons. The monoisotopic (exact) mass is 1170 g/mol. The first-order chi connectivity index (χ1) is 39.1. The Morgan fingerprint density at radius 2 is 1.51 bits per heavy atom. The lowest BCUT2D eigenvalue weighted by Gasteiger charge is -2.50. The lowest BCUT2D eigenvalue weighted by Crippen LogP contribution is -2.61. The fraction of sp³-hybridized carbons (Fsp3) is 0.758. The molecular formula is C62H96N4O17. The van der Waals surface area contributed by atoms with Gasteiger partial charge in [-0.1, -0.05) is 39.5 Å². The average Bonchev–Trinajstić information content (AvgIpc) is 3.47. The molecule has 4 fully saturated rings. The number of aromatic nitrogens is 1. The summed E-state index contributed by atoms with van der Waals surface area (Å²) in [6, 6.07) is 5.11. The molecule has 18 atom stereocenters. The van der Waals surface area contributed by atoms with E-state index < -0.39 is 114 Å². The lowest BCUT2D eigenvalue weighted by molar-refractivity contribution is -0.320. The number of carbonyl (C=O) groups is 4. The van der Waals surface area contributed by atoms with Crippen molar-refractivity contribution in [1.82, 2.24) is 19.3 Å². The molecule has 21 heteroatoms. The number of ketones is 1. The second-order valence-electron chi connectivity index (χ2n) is 24.4. The summed E-state index contributed by atoms with van der Waals surface area (Å²) < 4.78 is 58.7. The van der Waals surface area contributed by atoms with Crippen molar-refractivity contribution in [2.75, 3.05) is 74.2 Å². The van der Waals surface area contributed by atoms with E-state index >= 15 is 0 Å². The van der Waals surface area contributed by atoms with Gasteiger partial charge >= 0.3 is 17.9 Å². The predicted molar refractivity (Wildman–Crippen MR) is 309 cm³/mol. The van der Waals surface area contributed by atoms with E-state index in [0.29, 0.717) is 55.6 Å². The number of pyridine rings is 1. The van der Waals surface area contributed by atoms with Crippen LogP contribution in [0.2, 0.25) is 0 Å². The van der Waals surface area contributed by atoms with Gasteiger partial charge in [0, 0.05) is 101 Å². The minimum atomic E-state index is -2.03. The number of aliphatic hydroxyl groups excluding tert-OH is 2. The molecule has 2 aromatic rings. The lowest BCUT2D eigenvalue weighted by atomic mass is 9.74. The van der Waals surface area contributed by atoms with Crippen molar-refractivity contribution in [2.45, 2.75) is 206 Å². The van der Waals surface area contributed by atoms with Crippen molar-refractivity contribution < 1.29 is 77.1 Å². The number of Topliss-reactive ketones (excluding diaryl/α,β-unsaturated/α-hetero) is 1. The Hall–Kier alpha value is -4.41. The molecule has 0 radical (unpaired) electrons. The summed E-state index contributed by atoms with van der Waals surface area (Å²) in [7, 11) is 6.77. The number of likely N-dealkylation sites (N-methyl/N-ethyl adjacent to an activating group) is 1. The maximum Gasteiger partial charge on any atom is 0.343 e. The number of fused-ring (bicyclic) bond motifs is 1. The summed E-state index contributed by atoms with van der Waals surface area (Å²) in [4.78, 5) is 74.9. The zero-order valence-corrected chi connectivity index (χ0v) is 52.0. The van der Waals surface area contributed by atoms with Crippen LogP contribution in [0.3, 0.4) is 0 Å². The van der Waals surface area contributed by atoms with Gasteiger partial charge in [-0.15, -0.1) is 0 Å². The number of carbonyl (C=O) groups excluding carboxylic acids is 4. The number of methoxy groups -OCH3 is 2. The fourth-order valence-corrected chi connectivity index (χ4v) is 12.8. The van der Waals surface area contributed by atoms with Gasteiger partial charge in [-0.05, 0) is 107 Å². The third-order valence-corrected chi connectivity index (χ3v) is 18.0. The molecule has 1 aromatic heterocycles. The molecule has 4 aliphatic heterocycles. The van der Waals surface area contributed by atoms with Gasteiger partial charge in [0.2, 0.25) is 5.43 Å². The number of nitrogens with zero attached hydrogens (tertiary/aromatic N) is 4. The number of esters is 3. The van der Waals surface area contributed by atoms with Gasteiger partial charge in [-0.2, -0.15) is 0 Å². The molecule has 0 unspecified atom stereocenters. The van der Waals surface area contributed by atoms with Crippen LogP contribution < -0.4 is 5.43 Å². The third-order valence-electron chi connectivity index (χ3n) is 18.0. The first-order valence-electron chi connectivity index (χ1n) is 29.8. The largest absolute Gasteiger partial charge is 0.462 e. The highest BCUT2D eigenvalue weighted by Gasteiger charge is 2.55. The maximum atomic E-state index is 14.6. The molecule has 1 aromatic carbocycles. The van der Waals surface area contributed by atoms with Crippen LogP contribution in [0.25, 0.3) is 10.9 Å². The van der Waals surface area contributed by atoms with Crippen molar-refractivity contribution >= 4 is 34.6 Å². The number of benzene rings is 1. The predicted octanol–water partition coefficient (Wildman–Crippen LogP) is 4.56. The molecule has 21 nitrogen and oxygen atoms in total. The van der Waals surface area contributed by atoms with E-state index in [9.17, 15) is 39.3 Å². The molecule has 0 saturated carbocycles. The second-order valence-corrected chi connectivity index (χ2v) is 24.4. The first kappa shape index (κ1) is 67.7. The minimum absolute atomic E-state index is 0.00758. The Morgan fingerprint density at radius 1 is 0.855 bits per heavy atom. The van der Waals surface area contributed by atoms with Gasteiger partial charge in [0.25, 0.3) is 0 Å². The van der Waals surface area contributed by atoms with Crippen LogP contribution >= 0.6 is 0 Å². The van der Waals surface area contributed by atoms with Crippen LogP contribution in [0.5, 0.6) is 0 Å². The van der Waals surface area contributed by atoms with Crippen molar-refractivity contribution in [3.05, 3.63) is 45.7 Å². The second kappa shape index (κ2) is 28.9. The fourth-order valence-electron chi connectivity index (χ4n) is 12.8. The molecule has 0 bridgehead atoms. The summed E-state index contributed by atoms with van der Waals surface area (Å²) in [5.74, 6) is 0.545. The molecule has 4 saturated heterocycles. The van der Waals surface area contributed by atoms with E-state index in [1.165, 1.54) is 21.1 Å². The number of aryl methyl sites for hydroxylation is 1. The van der Waals surface area contributed by atoms with Crippen molar-refractivity contribution in [2.24, 2.45) is 23.7 Å². The van der Waals surface area contributed by atoms with Crippen LogP contribution in [-0.2, 0) is 63.6 Å². The molecular weight excluding hydrogens is 1070 g/mol. The zero-order chi connectivity index (χ0) is 61.5. The molecule has 83 heavy (non-hydrogen) atoms. The van der Waals surface area contributed by atoms with E-state index in [-0.39, 0.29) is 61.2 Å². The number of rotatable bonds is 16. The van der Waals surface area contributed by atoms with Gasteiger partial charge < -0.3 is 72.3 Å². The maximum absolute atomic E-state index is 14.6. The number of cyclic esters (lactones) is 1. The highest BCUT2D eigenvalue weighted by molar-refractivity contribution is 5.94. The Bertz CT molecular complexity index is 2660. The van der Waals surface area contributed by atoms with Crippen LogP contribution in [0.4, 0.5) is 0 Å².